The minimum atomic E-state index is -0.604. The fraction of sp³-hybridized carbons (Fsp3) is 0.583. The molecule has 9 heteroatoms. The van der Waals surface area contributed by atoms with Crippen molar-refractivity contribution in [2.24, 2.45) is 0 Å². The Morgan fingerprint density at radius 2 is 2.29 bits per heavy atom. The molecule has 1 saturated heterocycles. The lowest BCUT2D eigenvalue weighted by Crippen LogP contribution is -2.13. The van der Waals surface area contributed by atoms with Crippen molar-refractivity contribution in [1.29, 1.82) is 0 Å². The van der Waals surface area contributed by atoms with Crippen LogP contribution in [0.15, 0.2) is 6.20 Å². The molecule has 2 atom stereocenters. The van der Waals surface area contributed by atoms with Crippen LogP contribution in [0.3, 0.4) is 0 Å². The van der Waals surface area contributed by atoms with E-state index in [1.807, 2.05) is 0 Å². The van der Waals surface area contributed by atoms with Gasteiger partial charge in [-0.25, -0.2) is 0 Å². The molecule has 2 fully saturated rings. The number of nitrogens with two attached hydrogens (primary N) is 1. The van der Waals surface area contributed by atoms with Gasteiger partial charge in [0.25, 0.3) is 0 Å². The van der Waals surface area contributed by atoms with Gasteiger partial charge in [-0.1, -0.05) is 0 Å². The number of hydrogen-bond donors (Lipinski definition) is 3. The zero-order valence-corrected chi connectivity index (χ0v) is 11.3. The molecule has 0 aromatic carbocycles. The van der Waals surface area contributed by atoms with E-state index in [0.717, 1.165) is 18.4 Å². The number of nitrogen functional groups attached to an aromatic ring is 1. The molecule has 1 aliphatic carbocycles. The Labute approximate surface area is 120 Å². The molecule has 0 bridgehead atoms. The lowest BCUT2D eigenvalue weighted by Gasteiger charge is -2.09. The number of fused-ring (bicyclic) bond motifs is 1. The molecule has 112 valence electrons. The van der Waals surface area contributed by atoms with Gasteiger partial charge >= 0.3 is 0 Å². The van der Waals surface area contributed by atoms with Crippen LogP contribution in [0.25, 0.3) is 5.65 Å². The summed E-state index contributed by atoms with van der Waals surface area (Å²) in [4.78, 5) is 8.44. The van der Waals surface area contributed by atoms with Gasteiger partial charge in [-0.2, -0.15) is 19.6 Å². The summed E-state index contributed by atoms with van der Waals surface area (Å²) < 4.78 is 12.5. The van der Waals surface area contributed by atoms with Crippen LogP contribution in [0.4, 0.5) is 11.9 Å². The Hall–Kier alpha value is -1.97. The van der Waals surface area contributed by atoms with Crippen molar-refractivity contribution in [2.75, 3.05) is 24.3 Å². The largest absolute Gasteiger partial charge is 0.391 e. The van der Waals surface area contributed by atoms with E-state index in [1.165, 1.54) is 0 Å². The molecule has 3 heterocycles. The monoisotopic (exact) mass is 292 g/mol. The summed E-state index contributed by atoms with van der Waals surface area (Å²) in [6.07, 6.45) is 3.00. The average molecular weight is 292 g/mol. The van der Waals surface area contributed by atoms with E-state index >= 15 is 0 Å². The van der Waals surface area contributed by atoms with Gasteiger partial charge in [-0.05, 0) is 12.8 Å². The van der Waals surface area contributed by atoms with Crippen molar-refractivity contribution in [2.45, 2.75) is 31.3 Å². The van der Waals surface area contributed by atoms with Gasteiger partial charge < -0.3 is 25.6 Å². The van der Waals surface area contributed by atoms with Crippen molar-refractivity contribution < 1.29 is 14.6 Å². The zero-order chi connectivity index (χ0) is 14.4. The number of rotatable bonds is 4. The highest BCUT2D eigenvalue weighted by Crippen LogP contribution is 2.30. The zero-order valence-electron chi connectivity index (χ0n) is 11.3. The minimum absolute atomic E-state index is 0.179. The molecule has 2 aromatic rings. The molecule has 0 radical (unpaired) electrons. The van der Waals surface area contributed by atoms with Crippen molar-refractivity contribution in [1.82, 2.24) is 19.6 Å². The molecule has 2 aliphatic rings. The topological polar surface area (TPSA) is 120 Å². The number of nitrogens with zero attached hydrogens (tertiary/aromatic N) is 4. The van der Waals surface area contributed by atoms with Crippen LogP contribution in [0.2, 0.25) is 0 Å². The third-order valence-electron chi connectivity index (χ3n) is 3.57. The third-order valence-corrected chi connectivity index (χ3v) is 3.57. The number of aromatic nitrogens is 4. The summed E-state index contributed by atoms with van der Waals surface area (Å²) in [5.74, 6) is 0.772. The van der Waals surface area contributed by atoms with Gasteiger partial charge in [0.15, 0.2) is 11.9 Å². The van der Waals surface area contributed by atoms with E-state index in [2.05, 4.69) is 20.4 Å². The second-order valence-electron chi connectivity index (χ2n) is 5.23. The molecule has 4 N–H and O–H groups in total. The van der Waals surface area contributed by atoms with E-state index in [4.69, 9.17) is 20.3 Å². The maximum Gasteiger partial charge on any atom is 0.229 e. The van der Waals surface area contributed by atoms with Crippen molar-refractivity contribution >= 4 is 17.5 Å². The van der Waals surface area contributed by atoms with Crippen LogP contribution < -0.4 is 11.1 Å². The fourth-order valence-electron chi connectivity index (χ4n) is 2.36. The first-order chi connectivity index (χ1) is 10.2. The lowest BCUT2D eigenvalue weighted by atomic mass is 10.2. The first-order valence-corrected chi connectivity index (χ1v) is 6.90. The molecular formula is C12H16N6O3. The number of nitrogens with one attached hydrogen (secondary N) is 1. The van der Waals surface area contributed by atoms with Crippen molar-refractivity contribution in [3.63, 3.8) is 0 Å². The standard InChI is InChI=1S/C12H16N6O3/c13-11-16-10-7(8-5-20-9(4-19)21-8)3-14-18(10)12(17-11)15-6-1-2-6/h3,6,8-9,19H,1-2,4-5H2,(H3,13,15,16,17)/t8-,9-/m1/s1. The van der Waals surface area contributed by atoms with Crippen LogP contribution >= 0.6 is 0 Å². The van der Waals surface area contributed by atoms with E-state index in [9.17, 15) is 0 Å². The Balaban J connectivity index is 1.71. The highest BCUT2D eigenvalue weighted by molar-refractivity contribution is 5.55. The Bertz CT molecular complexity index is 670. The quantitative estimate of drug-likeness (QED) is 0.701. The van der Waals surface area contributed by atoms with Crippen LogP contribution in [0.5, 0.6) is 0 Å². The summed E-state index contributed by atoms with van der Waals surface area (Å²) in [5, 5.41) is 16.7. The smallest absolute Gasteiger partial charge is 0.229 e. The molecule has 0 spiro atoms. The van der Waals surface area contributed by atoms with Gasteiger partial charge in [-0.3, -0.25) is 0 Å². The number of ether oxygens (including phenoxy) is 2. The predicted molar refractivity (Wildman–Crippen MR) is 72.5 cm³/mol. The molecule has 0 amide bonds. The summed E-state index contributed by atoms with van der Waals surface area (Å²) in [6, 6.07) is 0.431. The van der Waals surface area contributed by atoms with E-state index < -0.39 is 6.29 Å². The Morgan fingerprint density at radius 1 is 1.43 bits per heavy atom. The second-order valence-corrected chi connectivity index (χ2v) is 5.23. The number of aliphatic hydroxyl groups excluding tert-OH is 1. The van der Waals surface area contributed by atoms with Crippen LogP contribution in [0.1, 0.15) is 24.5 Å². The SMILES string of the molecule is Nc1nc(NC2CC2)n2ncc([C@H]3CO[C@@H](CO)O3)c2n1. The van der Waals surface area contributed by atoms with Crippen molar-refractivity contribution in [3.8, 4) is 0 Å². The molecule has 2 aromatic heterocycles. The highest BCUT2D eigenvalue weighted by Gasteiger charge is 2.30. The van der Waals surface area contributed by atoms with E-state index in [-0.39, 0.29) is 18.7 Å². The normalized spacial score (nSPS) is 25.6. The van der Waals surface area contributed by atoms with Crippen molar-refractivity contribution in [3.05, 3.63) is 11.8 Å². The summed E-state index contributed by atoms with van der Waals surface area (Å²) in [5.41, 5.74) is 7.16. The molecule has 4 rings (SSSR count). The maximum absolute atomic E-state index is 9.06. The van der Waals surface area contributed by atoms with E-state index in [1.54, 1.807) is 10.7 Å². The third kappa shape index (κ3) is 2.28. The van der Waals surface area contributed by atoms with Crippen LogP contribution in [-0.4, -0.2) is 50.2 Å². The Kier molecular flexibility index (Phi) is 2.91. The fourth-order valence-corrected chi connectivity index (χ4v) is 2.36. The molecular weight excluding hydrogens is 276 g/mol. The summed E-state index contributed by atoms with van der Waals surface area (Å²) in [6.45, 7) is 0.170. The lowest BCUT2D eigenvalue weighted by molar-refractivity contribution is -0.0880. The van der Waals surface area contributed by atoms with Gasteiger partial charge in [0, 0.05) is 11.6 Å². The Morgan fingerprint density at radius 3 is 3.00 bits per heavy atom. The molecule has 1 aliphatic heterocycles. The number of anilines is 2. The summed E-state index contributed by atoms with van der Waals surface area (Å²) in [7, 11) is 0. The highest BCUT2D eigenvalue weighted by atomic mass is 16.7. The molecule has 1 saturated carbocycles. The van der Waals surface area contributed by atoms with Gasteiger partial charge in [0.1, 0.15) is 6.10 Å². The first-order valence-electron chi connectivity index (χ1n) is 6.90. The first kappa shape index (κ1) is 12.7. The molecule has 0 unspecified atom stereocenters. The van der Waals surface area contributed by atoms with Gasteiger partial charge in [0.05, 0.1) is 19.4 Å². The molecule has 21 heavy (non-hydrogen) atoms. The van der Waals surface area contributed by atoms with E-state index in [0.29, 0.717) is 24.2 Å². The molecule has 9 nitrogen and oxygen atoms in total. The second kappa shape index (κ2) is 4.79. The van der Waals surface area contributed by atoms with Crippen LogP contribution in [-0.2, 0) is 9.47 Å². The van der Waals surface area contributed by atoms with Crippen LogP contribution in [0, 0.1) is 0 Å². The minimum Gasteiger partial charge on any atom is -0.391 e. The number of hydrogen-bond acceptors (Lipinski definition) is 8. The maximum atomic E-state index is 9.06. The average Bonchev–Trinajstić information content (AvgIpc) is 3.01. The van der Waals surface area contributed by atoms with Gasteiger partial charge in [0.2, 0.25) is 11.9 Å². The van der Waals surface area contributed by atoms with Gasteiger partial charge in [-0.15, -0.1) is 0 Å². The number of aliphatic hydroxyl groups is 1. The predicted octanol–water partition coefficient (Wildman–Crippen LogP) is -0.313. The summed E-state index contributed by atoms with van der Waals surface area (Å²) >= 11 is 0.